The van der Waals surface area contributed by atoms with Gasteiger partial charge in [0.1, 0.15) is 0 Å². The van der Waals surface area contributed by atoms with E-state index in [9.17, 15) is 0 Å². The number of nitrogens with one attached hydrogen (secondary N) is 1. The predicted octanol–water partition coefficient (Wildman–Crippen LogP) is 1.49. The highest BCUT2D eigenvalue weighted by molar-refractivity contribution is 4.75. The molecular weight excluding hydrogens is 200 g/mol. The van der Waals surface area contributed by atoms with Crippen LogP contribution in [0.2, 0.25) is 0 Å². The van der Waals surface area contributed by atoms with E-state index in [2.05, 4.69) is 17.3 Å². The summed E-state index contributed by atoms with van der Waals surface area (Å²) >= 11 is 0. The number of rotatable bonds is 3. The highest BCUT2D eigenvalue weighted by atomic mass is 16.5. The van der Waals surface area contributed by atoms with E-state index in [4.69, 9.17) is 4.74 Å². The molecule has 2 heterocycles. The van der Waals surface area contributed by atoms with Gasteiger partial charge in [0.05, 0.1) is 0 Å². The van der Waals surface area contributed by atoms with E-state index in [1.165, 1.54) is 51.7 Å². The molecule has 2 rings (SSSR count). The van der Waals surface area contributed by atoms with Crippen LogP contribution in [0.5, 0.6) is 0 Å². The van der Waals surface area contributed by atoms with Crippen molar-refractivity contribution in [3.05, 3.63) is 0 Å². The number of hydrogen-bond acceptors (Lipinski definition) is 3. The first-order valence-corrected chi connectivity index (χ1v) is 6.84. The Morgan fingerprint density at radius 1 is 1.12 bits per heavy atom. The molecule has 0 aromatic rings. The van der Waals surface area contributed by atoms with Crippen molar-refractivity contribution in [3.63, 3.8) is 0 Å². The SMILES string of the molecule is CN1CCC(CNC2CCCOCC2)CC1. The second-order valence-corrected chi connectivity index (χ2v) is 5.40. The van der Waals surface area contributed by atoms with Gasteiger partial charge >= 0.3 is 0 Å². The monoisotopic (exact) mass is 226 g/mol. The third kappa shape index (κ3) is 4.04. The minimum absolute atomic E-state index is 0.710. The molecule has 2 aliphatic heterocycles. The van der Waals surface area contributed by atoms with Crippen LogP contribution in [-0.2, 0) is 4.74 Å². The average molecular weight is 226 g/mol. The zero-order chi connectivity index (χ0) is 11.2. The molecule has 0 bridgehead atoms. The predicted molar refractivity (Wildman–Crippen MR) is 66.7 cm³/mol. The molecule has 0 saturated carbocycles. The zero-order valence-corrected chi connectivity index (χ0v) is 10.6. The lowest BCUT2D eigenvalue weighted by Crippen LogP contribution is -2.38. The van der Waals surface area contributed by atoms with E-state index in [1.54, 1.807) is 0 Å². The summed E-state index contributed by atoms with van der Waals surface area (Å²) in [5, 5.41) is 3.75. The first kappa shape index (κ1) is 12.3. The summed E-state index contributed by atoms with van der Waals surface area (Å²) in [5.41, 5.74) is 0. The highest BCUT2D eigenvalue weighted by Crippen LogP contribution is 2.16. The molecule has 2 saturated heterocycles. The molecule has 1 unspecified atom stereocenters. The second-order valence-electron chi connectivity index (χ2n) is 5.40. The van der Waals surface area contributed by atoms with Gasteiger partial charge in [0.15, 0.2) is 0 Å². The van der Waals surface area contributed by atoms with E-state index in [0.29, 0.717) is 6.04 Å². The molecule has 0 amide bonds. The lowest BCUT2D eigenvalue weighted by molar-refractivity contribution is 0.142. The molecule has 0 aliphatic carbocycles. The van der Waals surface area contributed by atoms with Gasteiger partial charge in [-0.1, -0.05) is 0 Å². The van der Waals surface area contributed by atoms with Crippen LogP contribution in [0.15, 0.2) is 0 Å². The second kappa shape index (κ2) is 6.58. The van der Waals surface area contributed by atoms with Gasteiger partial charge in [-0.15, -0.1) is 0 Å². The minimum atomic E-state index is 0.710. The summed E-state index contributed by atoms with van der Waals surface area (Å²) in [6, 6.07) is 0.710. The lowest BCUT2D eigenvalue weighted by atomic mass is 9.96. The maximum Gasteiger partial charge on any atom is 0.0480 e. The molecule has 16 heavy (non-hydrogen) atoms. The molecule has 1 N–H and O–H groups in total. The number of likely N-dealkylation sites (tertiary alicyclic amines) is 1. The summed E-state index contributed by atoms with van der Waals surface area (Å²) in [4.78, 5) is 2.44. The van der Waals surface area contributed by atoms with Crippen LogP contribution in [0, 0.1) is 5.92 Å². The van der Waals surface area contributed by atoms with Crippen molar-refractivity contribution >= 4 is 0 Å². The van der Waals surface area contributed by atoms with Crippen LogP contribution in [-0.4, -0.2) is 50.8 Å². The van der Waals surface area contributed by atoms with E-state index in [0.717, 1.165) is 19.1 Å². The Balaban J connectivity index is 1.62. The van der Waals surface area contributed by atoms with Crippen molar-refractivity contribution < 1.29 is 4.74 Å². The van der Waals surface area contributed by atoms with Crippen LogP contribution in [0.25, 0.3) is 0 Å². The fraction of sp³-hybridized carbons (Fsp3) is 1.00. The third-order valence-corrected chi connectivity index (χ3v) is 3.99. The lowest BCUT2D eigenvalue weighted by Gasteiger charge is -2.30. The number of piperidine rings is 1. The topological polar surface area (TPSA) is 24.5 Å². The average Bonchev–Trinajstić information content (AvgIpc) is 2.57. The Kier molecular flexibility index (Phi) is 5.07. The van der Waals surface area contributed by atoms with Crippen LogP contribution in [0.1, 0.15) is 32.1 Å². The van der Waals surface area contributed by atoms with Crippen LogP contribution in [0.3, 0.4) is 0 Å². The maximum atomic E-state index is 5.48. The van der Waals surface area contributed by atoms with Gasteiger partial charge in [-0.25, -0.2) is 0 Å². The Morgan fingerprint density at radius 3 is 2.75 bits per heavy atom. The number of hydrogen-bond donors (Lipinski definition) is 1. The van der Waals surface area contributed by atoms with Crippen LogP contribution in [0.4, 0.5) is 0 Å². The Labute approximate surface area is 99.5 Å². The summed E-state index contributed by atoms with van der Waals surface area (Å²) < 4.78 is 5.48. The summed E-state index contributed by atoms with van der Waals surface area (Å²) in [6.45, 7) is 5.69. The van der Waals surface area contributed by atoms with Gasteiger partial charge in [0.25, 0.3) is 0 Å². The van der Waals surface area contributed by atoms with Gasteiger partial charge in [0.2, 0.25) is 0 Å². The molecule has 0 radical (unpaired) electrons. The summed E-state index contributed by atoms with van der Waals surface area (Å²) in [5.74, 6) is 0.903. The van der Waals surface area contributed by atoms with Gasteiger partial charge in [-0.2, -0.15) is 0 Å². The Bertz CT molecular complexity index is 182. The largest absolute Gasteiger partial charge is 0.381 e. The molecule has 0 spiro atoms. The van der Waals surface area contributed by atoms with Crippen molar-refractivity contribution in [3.8, 4) is 0 Å². The first-order valence-electron chi connectivity index (χ1n) is 6.84. The van der Waals surface area contributed by atoms with Gasteiger partial charge < -0.3 is 15.0 Å². The van der Waals surface area contributed by atoms with Gasteiger partial charge in [-0.3, -0.25) is 0 Å². The van der Waals surface area contributed by atoms with Crippen molar-refractivity contribution in [2.24, 2.45) is 5.92 Å². The molecule has 3 nitrogen and oxygen atoms in total. The van der Waals surface area contributed by atoms with E-state index in [-0.39, 0.29) is 0 Å². The van der Waals surface area contributed by atoms with Crippen LogP contribution < -0.4 is 5.32 Å². The van der Waals surface area contributed by atoms with Gasteiger partial charge in [-0.05, 0) is 64.7 Å². The summed E-state index contributed by atoms with van der Waals surface area (Å²) in [7, 11) is 2.23. The van der Waals surface area contributed by atoms with E-state index in [1.807, 2.05) is 0 Å². The maximum absolute atomic E-state index is 5.48. The zero-order valence-electron chi connectivity index (χ0n) is 10.6. The van der Waals surface area contributed by atoms with E-state index >= 15 is 0 Å². The Hall–Kier alpha value is -0.120. The molecule has 2 fully saturated rings. The van der Waals surface area contributed by atoms with E-state index < -0.39 is 0 Å². The Morgan fingerprint density at radius 2 is 1.94 bits per heavy atom. The summed E-state index contributed by atoms with van der Waals surface area (Å²) in [6.07, 6.45) is 6.46. The van der Waals surface area contributed by atoms with Crippen molar-refractivity contribution in [1.82, 2.24) is 10.2 Å². The number of ether oxygens (including phenoxy) is 1. The molecule has 94 valence electrons. The fourth-order valence-electron chi connectivity index (χ4n) is 2.71. The van der Waals surface area contributed by atoms with Crippen molar-refractivity contribution in [1.29, 1.82) is 0 Å². The highest BCUT2D eigenvalue weighted by Gasteiger charge is 2.18. The molecule has 2 aliphatic rings. The molecule has 1 atom stereocenters. The van der Waals surface area contributed by atoms with Crippen molar-refractivity contribution in [2.75, 3.05) is 39.9 Å². The molecule has 0 aromatic carbocycles. The smallest absolute Gasteiger partial charge is 0.0480 e. The van der Waals surface area contributed by atoms with Crippen molar-refractivity contribution in [2.45, 2.75) is 38.1 Å². The molecular formula is C13H26N2O. The fourth-order valence-corrected chi connectivity index (χ4v) is 2.71. The third-order valence-electron chi connectivity index (χ3n) is 3.99. The minimum Gasteiger partial charge on any atom is -0.381 e. The quantitative estimate of drug-likeness (QED) is 0.789. The standard InChI is InChI=1S/C13H26N2O/c1-15-7-4-12(5-8-15)11-14-13-3-2-9-16-10-6-13/h12-14H,2-11H2,1H3. The molecule has 0 aromatic heterocycles. The van der Waals surface area contributed by atoms with Crippen LogP contribution >= 0.6 is 0 Å². The molecule has 3 heteroatoms. The first-order chi connectivity index (χ1) is 7.84. The normalized spacial score (nSPS) is 30.2. The van der Waals surface area contributed by atoms with Gasteiger partial charge in [0, 0.05) is 19.3 Å². The number of nitrogens with zero attached hydrogens (tertiary/aromatic N) is 1.